The zero-order valence-electron chi connectivity index (χ0n) is 37.7. The summed E-state index contributed by atoms with van der Waals surface area (Å²) in [5.41, 5.74) is 0.485. The number of halogens is 1. The molecular weight excluding hydrogens is 862 g/mol. The number of carbonyl (C=O) groups is 1. The van der Waals surface area contributed by atoms with E-state index in [0.29, 0.717) is 49.0 Å². The fourth-order valence-corrected chi connectivity index (χ4v) is 16.2. The van der Waals surface area contributed by atoms with Crippen LogP contribution in [0.15, 0.2) is 122 Å². The Labute approximate surface area is 386 Å². The minimum atomic E-state index is -4.33. The monoisotopic (exact) mass is 925 g/mol. The standard InChI is InChI=1S/C51H64ClN3O7SSi/c1-7-9-16-30-55(63(53,58)59)35-51(57,48(56)60-6)39-24-28-47-45(32-39)54(34-50(36-61-47)29-17-18-37-31-40(52)25-27-44(37)50)33-38-23-26-43(38)46(8-2)62-64(49(3,4)5,41-19-12-10-13-20-41)42-21-14-11-15-22-42/h7-8,10-15,19-22,24-25,27-28,31-32,38,43,46,57H,1-2,9,16-18,23,26,29-30,33-36H2,3-6H3,(H2,53,58,59)/t38-,43+,46-,50-,51?/m0/s1. The third-order valence-electron chi connectivity index (χ3n) is 13.9. The average Bonchev–Trinajstić information content (AvgIpc) is 3.42. The number of hydrogen-bond donors (Lipinski definition) is 2. The summed E-state index contributed by atoms with van der Waals surface area (Å²) < 4.78 is 46.4. The van der Waals surface area contributed by atoms with E-state index in [0.717, 1.165) is 36.4 Å². The number of rotatable bonds is 17. The molecule has 10 nitrogen and oxygen atoms in total. The maximum atomic E-state index is 13.7. The second-order valence-corrected chi connectivity index (χ2v) is 25.2. The van der Waals surface area contributed by atoms with E-state index in [1.54, 1.807) is 24.3 Å². The first kappa shape index (κ1) is 47.7. The van der Waals surface area contributed by atoms with E-state index in [9.17, 15) is 18.3 Å². The smallest absolute Gasteiger partial charge is 0.343 e. The van der Waals surface area contributed by atoms with E-state index in [1.165, 1.54) is 28.6 Å². The van der Waals surface area contributed by atoms with E-state index in [2.05, 4.69) is 112 Å². The number of anilines is 1. The zero-order valence-corrected chi connectivity index (χ0v) is 40.3. The third kappa shape index (κ3) is 9.38. The number of unbranched alkanes of at least 4 members (excludes halogenated alkanes) is 1. The highest BCUT2D eigenvalue weighted by Gasteiger charge is 2.54. The molecule has 0 radical (unpaired) electrons. The van der Waals surface area contributed by atoms with Crippen LogP contribution in [-0.4, -0.2) is 78.1 Å². The number of methoxy groups -OCH3 is 1. The van der Waals surface area contributed by atoms with Crippen molar-refractivity contribution < 1.29 is 32.2 Å². The molecule has 1 spiro atoms. The summed E-state index contributed by atoms with van der Waals surface area (Å²) in [6.45, 7) is 16.0. The van der Waals surface area contributed by atoms with Gasteiger partial charge in [-0.15, -0.1) is 13.2 Å². The van der Waals surface area contributed by atoms with Crippen LogP contribution >= 0.6 is 11.6 Å². The summed E-state index contributed by atoms with van der Waals surface area (Å²) in [7, 11) is -6.09. The van der Waals surface area contributed by atoms with Crippen LogP contribution in [0.25, 0.3) is 0 Å². The van der Waals surface area contributed by atoms with E-state index in [-0.39, 0.29) is 35.1 Å². The van der Waals surface area contributed by atoms with Gasteiger partial charge in [-0.3, -0.25) is 0 Å². The van der Waals surface area contributed by atoms with E-state index < -0.39 is 42.1 Å². The Hall–Kier alpha value is -4.27. The number of carbonyl (C=O) groups excluding carboxylic acids is 1. The lowest BCUT2D eigenvalue weighted by molar-refractivity contribution is -0.164. The topological polar surface area (TPSA) is 132 Å². The van der Waals surface area contributed by atoms with Crippen LogP contribution in [-0.2, 0) is 41.6 Å². The third-order valence-corrected chi connectivity index (χ3v) is 20.2. The van der Waals surface area contributed by atoms with Gasteiger partial charge in [0.15, 0.2) is 0 Å². The number of esters is 1. The summed E-state index contributed by atoms with van der Waals surface area (Å²) in [5, 5.41) is 21.0. The van der Waals surface area contributed by atoms with Crippen LogP contribution < -0.4 is 25.1 Å². The summed E-state index contributed by atoms with van der Waals surface area (Å²) >= 11 is 6.57. The van der Waals surface area contributed by atoms with Crippen molar-refractivity contribution >= 4 is 52.2 Å². The number of nitrogens with two attached hydrogens (primary N) is 1. The molecule has 7 rings (SSSR count). The van der Waals surface area contributed by atoms with E-state index >= 15 is 0 Å². The van der Waals surface area contributed by atoms with Crippen molar-refractivity contribution in [1.29, 1.82) is 0 Å². The number of fused-ring (bicyclic) bond motifs is 3. The molecule has 3 aliphatic rings. The highest BCUT2D eigenvalue weighted by atomic mass is 35.5. The van der Waals surface area contributed by atoms with Crippen LogP contribution in [0.3, 0.4) is 0 Å². The minimum Gasteiger partial charge on any atom is -0.490 e. The summed E-state index contributed by atoms with van der Waals surface area (Å²) in [6, 6.07) is 32.7. The molecule has 0 amide bonds. The van der Waals surface area contributed by atoms with Gasteiger partial charge < -0.3 is 23.9 Å². The number of benzene rings is 4. The molecule has 0 saturated heterocycles. The summed E-state index contributed by atoms with van der Waals surface area (Å²) in [5.74, 6) is -0.0747. The molecule has 5 atom stereocenters. The summed E-state index contributed by atoms with van der Waals surface area (Å²) in [6.07, 6.45) is 9.02. The Balaban J connectivity index is 1.30. The van der Waals surface area contributed by atoms with Crippen LogP contribution in [0, 0.1) is 11.8 Å². The van der Waals surface area contributed by atoms with Crippen LogP contribution in [0.4, 0.5) is 5.69 Å². The lowest BCUT2D eigenvalue weighted by Crippen LogP contribution is -2.68. The molecular formula is C51H64ClN3O7SSi. The van der Waals surface area contributed by atoms with Gasteiger partial charge in [0.2, 0.25) is 5.60 Å². The van der Waals surface area contributed by atoms with Gasteiger partial charge in [0, 0.05) is 30.1 Å². The molecule has 3 N–H and O–H groups in total. The minimum absolute atomic E-state index is 0.0280. The van der Waals surface area contributed by atoms with Gasteiger partial charge in [-0.1, -0.05) is 117 Å². The average molecular weight is 927 g/mol. The number of aryl methyl sites for hydroxylation is 1. The molecule has 13 heteroatoms. The Morgan fingerprint density at radius 1 is 1.05 bits per heavy atom. The number of ether oxygens (including phenoxy) is 2. The predicted molar refractivity (Wildman–Crippen MR) is 259 cm³/mol. The molecule has 1 fully saturated rings. The first-order valence-electron chi connectivity index (χ1n) is 22.4. The first-order chi connectivity index (χ1) is 30.5. The predicted octanol–water partition coefficient (Wildman–Crippen LogP) is 7.80. The van der Waals surface area contributed by atoms with E-state index in [4.69, 9.17) is 30.6 Å². The number of aliphatic hydroxyl groups is 1. The van der Waals surface area contributed by atoms with Gasteiger partial charge in [0.05, 0.1) is 32.1 Å². The lowest BCUT2D eigenvalue weighted by atomic mass is 9.68. The second-order valence-electron chi connectivity index (χ2n) is 18.9. The van der Waals surface area contributed by atoms with Gasteiger partial charge in [-0.25, -0.2) is 9.93 Å². The number of allylic oxidation sites excluding steroid dienone is 1. The van der Waals surface area contributed by atoms with Gasteiger partial charge in [-0.05, 0) is 113 Å². The quantitative estimate of drug-likeness (QED) is 0.0475. The molecule has 342 valence electrons. The van der Waals surface area contributed by atoms with Crippen LogP contribution in [0.2, 0.25) is 10.1 Å². The molecule has 2 aliphatic carbocycles. The van der Waals surface area contributed by atoms with Gasteiger partial charge >= 0.3 is 5.97 Å². The molecule has 4 aromatic carbocycles. The van der Waals surface area contributed by atoms with Crippen molar-refractivity contribution in [3.63, 3.8) is 0 Å². The van der Waals surface area contributed by atoms with Crippen molar-refractivity contribution in [2.45, 2.75) is 87.9 Å². The Kier molecular flexibility index (Phi) is 14.4. The van der Waals surface area contributed by atoms with E-state index in [1.807, 2.05) is 12.1 Å². The van der Waals surface area contributed by atoms with Gasteiger partial charge in [0.1, 0.15) is 5.75 Å². The highest BCUT2D eigenvalue weighted by molar-refractivity contribution is 7.86. The number of hydrogen-bond acceptors (Lipinski definition) is 8. The highest BCUT2D eigenvalue weighted by Crippen LogP contribution is 2.49. The molecule has 4 aromatic rings. The second kappa shape index (κ2) is 19.3. The maximum absolute atomic E-state index is 13.7. The molecule has 1 saturated carbocycles. The SMILES string of the molecule is C=CCCCN(CC(O)(C(=O)OC)c1ccc2c(c1)N(C[C@@H]1CC[C@H]1[C@H](C=C)O[Si](c1ccccc1)(c1ccccc1)C(C)(C)C)C[C@@]1(CCCc3cc(Cl)ccc31)CO2)S(N)(=O)=O. The maximum Gasteiger partial charge on any atom is 0.343 e. The van der Waals surface area contributed by atoms with Crippen molar-refractivity contribution in [2.75, 3.05) is 44.8 Å². The van der Waals surface area contributed by atoms with Crippen molar-refractivity contribution in [3.05, 3.63) is 144 Å². The fraction of sp³-hybridized carbons (Fsp3) is 0.431. The molecule has 0 bridgehead atoms. The van der Waals surface area contributed by atoms with Crippen molar-refractivity contribution in [2.24, 2.45) is 17.0 Å². The Morgan fingerprint density at radius 2 is 1.73 bits per heavy atom. The largest absolute Gasteiger partial charge is 0.490 e. The lowest BCUT2D eigenvalue weighted by Gasteiger charge is -2.50. The zero-order chi connectivity index (χ0) is 45.9. The Bertz CT molecular complexity index is 2380. The van der Waals surface area contributed by atoms with Crippen molar-refractivity contribution in [3.8, 4) is 5.75 Å². The molecule has 0 aromatic heterocycles. The Morgan fingerprint density at radius 3 is 2.31 bits per heavy atom. The molecule has 1 aliphatic heterocycles. The first-order valence-corrected chi connectivity index (χ1v) is 26.2. The molecule has 1 unspecified atom stereocenters. The van der Waals surface area contributed by atoms with Crippen molar-refractivity contribution in [1.82, 2.24) is 4.31 Å². The summed E-state index contributed by atoms with van der Waals surface area (Å²) in [4.78, 5) is 16.1. The van der Waals surface area contributed by atoms with Crippen LogP contribution in [0.1, 0.15) is 76.0 Å². The normalized spacial score (nSPS) is 21.3. The molecule has 1 heterocycles. The fourth-order valence-electron chi connectivity index (χ4n) is 10.5. The number of nitrogens with zero attached hydrogens (tertiary/aromatic N) is 2. The molecule has 64 heavy (non-hydrogen) atoms. The van der Waals surface area contributed by atoms with Gasteiger partial charge in [0.25, 0.3) is 18.5 Å². The van der Waals surface area contributed by atoms with Gasteiger partial charge in [-0.2, -0.15) is 12.7 Å². The van der Waals surface area contributed by atoms with Crippen LogP contribution in [0.5, 0.6) is 5.75 Å².